The maximum Gasteiger partial charge on any atom is 0.0648 e. The highest BCUT2D eigenvalue weighted by molar-refractivity contribution is 6.35. The summed E-state index contributed by atoms with van der Waals surface area (Å²) in [5, 5.41) is 5.66. The van der Waals surface area contributed by atoms with Crippen LogP contribution in [0.3, 0.4) is 0 Å². The Labute approximate surface area is 113 Å². The van der Waals surface area contributed by atoms with Crippen molar-refractivity contribution in [2.75, 3.05) is 6.54 Å². The Bertz CT molecular complexity index is 555. The van der Waals surface area contributed by atoms with Crippen LogP contribution in [0.1, 0.15) is 30.5 Å². The number of benzene rings is 1. The molecule has 1 aromatic carbocycles. The van der Waals surface area contributed by atoms with E-state index in [1.54, 1.807) is 0 Å². The molecule has 0 unspecified atom stereocenters. The zero-order chi connectivity index (χ0) is 12.5. The number of halogens is 1. The van der Waals surface area contributed by atoms with Gasteiger partial charge in [-0.25, -0.2) is 0 Å². The molecule has 1 aliphatic rings. The molecule has 96 valence electrons. The molecule has 2 aromatic rings. The van der Waals surface area contributed by atoms with Crippen LogP contribution in [-0.4, -0.2) is 17.6 Å². The highest BCUT2D eigenvalue weighted by Gasteiger charge is 2.19. The van der Waals surface area contributed by atoms with Gasteiger partial charge in [0, 0.05) is 17.1 Å². The topological polar surface area (TPSA) is 27.8 Å². The number of rotatable bonds is 5. The predicted octanol–water partition coefficient (Wildman–Crippen LogP) is 3.81. The Morgan fingerprint density at radius 3 is 3.00 bits per heavy atom. The Morgan fingerprint density at radius 1 is 1.39 bits per heavy atom. The van der Waals surface area contributed by atoms with Gasteiger partial charge in [-0.3, -0.25) is 0 Å². The molecule has 1 aromatic heterocycles. The minimum atomic E-state index is 0.809. The molecule has 0 spiro atoms. The van der Waals surface area contributed by atoms with Crippen LogP contribution in [0.4, 0.5) is 0 Å². The van der Waals surface area contributed by atoms with Crippen LogP contribution in [0.5, 0.6) is 0 Å². The Hall–Kier alpha value is -0.990. The zero-order valence-corrected chi connectivity index (χ0v) is 11.5. The fourth-order valence-electron chi connectivity index (χ4n) is 2.55. The summed E-state index contributed by atoms with van der Waals surface area (Å²) >= 11 is 6.21. The van der Waals surface area contributed by atoms with E-state index in [0.29, 0.717) is 0 Å². The summed E-state index contributed by atoms with van der Waals surface area (Å²) in [6.07, 6.45) is 5.03. The summed E-state index contributed by atoms with van der Waals surface area (Å²) < 4.78 is 0. The number of fused-ring (bicyclic) bond motifs is 1. The van der Waals surface area contributed by atoms with E-state index < -0.39 is 0 Å². The lowest BCUT2D eigenvalue weighted by Gasteiger charge is -2.03. The molecule has 1 saturated carbocycles. The minimum Gasteiger partial charge on any atom is -0.357 e. The lowest BCUT2D eigenvalue weighted by molar-refractivity contribution is 0.646. The Morgan fingerprint density at radius 2 is 2.22 bits per heavy atom. The van der Waals surface area contributed by atoms with Crippen molar-refractivity contribution in [3.05, 3.63) is 34.5 Å². The van der Waals surface area contributed by atoms with Crippen LogP contribution < -0.4 is 5.32 Å². The molecular formula is C15H19ClN2. The van der Waals surface area contributed by atoms with E-state index in [2.05, 4.69) is 23.3 Å². The first kappa shape index (κ1) is 12.1. The second-order valence-electron chi connectivity index (χ2n) is 5.22. The van der Waals surface area contributed by atoms with Gasteiger partial charge in [0.2, 0.25) is 0 Å². The smallest absolute Gasteiger partial charge is 0.0648 e. The Kier molecular flexibility index (Phi) is 3.31. The molecule has 0 amide bonds. The fraction of sp³-hybridized carbons (Fsp3) is 0.467. The third-order valence-electron chi connectivity index (χ3n) is 3.72. The molecule has 0 aliphatic heterocycles. The summed E-state index contributed by atoms with van der Waals surface area (Å²) in [4.78, 5) is 3.41. The van der Waals surface area contributed by atoms with Gasteiger partial charge in [-0.2, -0.15) is 0 Å². The van der Waals surface area contributed by atoms with Crippen LogP contribution in [0.25, 0.3) is 10.9 Å². The monoisotopic (exact) mass is 262 g/mol. The van der Waals surface area contributed by atoms with Crippen molar-refractivity contribution in [1.29, 1.82) is 0 Å². The third-order valence-corrected chi connectivity index (χ3v) is 4.03. The molecule has 0 atom stereocenters. The molecule has 18 heavy (non-hydrogen) atoms. The highest BCUT2D eigenvalue weighted by atomic mass is 35.5. The van der Waals surface area contributed by atoms with E-state index in [1.807, 2.05) is 12.1 Å². The molecule has 0 bridgehead atoms. The quantitative estimate of drug-likeness (QED) is 0.788. The average Bonchev–Trinajstić information content (AvgIpc) is 3.11. The summed E-state index contributed by atoms with van der Waals surface area (Å²) in [5.74, 6) is 0. The fourth-order valence-corrected chi connectivity index (χ4v) is 2.77. The van der Waals surface area contributed by atoms with Gasteiger partial charge in [0.05, 0.1) is 10.5 Å². The molecule has 1 heterocycles. The van der Waals surface area contributed by atoms with E-state index in [-0.39, 0.29) is 0 Å². The van der Waals surface area contributed by atoms with Crippen molar-refractivity contribution < 1.29 is 0 Å². The van der Waals surface area contributed by atoms with Gasteiger partial charge in [-0.05, 0) is 50.8 Å². The van der Waals surface area contributed by atoms with Gasteiger partial charge in [0.1, 0.15) is 0 Å². The summed E-state index contributed by atoms with van der Waals surface area (Å²) in [6, 6.07) is 6.94. The number of hydrogen-bond acceptors (Lipinski definition) is 1. The van der Waals surface area contributed by atoms with Gasteiger partial charge < -0.3 is 10.3 Å². The average molecular weight is 263 g/mol. The predicted molar refractivity (Wildman–Crippen MR) is 77.4 cm³/mol. The van der Waals surface area contributed by atoms with Crippen LogP contribution in [0.2, 0.25) is 5.02 Å². The van der Waals surface area contributed by atoms with Gasteiger partial charge in [-0.1, -0.05) is 23.7 Å². The molecule has 1 fully saturated rings. The summed E-state index contributed by atoms with van der Waals surface area (Å²) in [6.45, 7) is 3.26. The Balaban J connectivity index is 1.73. The van der Waals surface area contributed by atoms with E-state index in [1.165, 1.54) is 35.9 Å². The number of H-pyrrole nitrogens is 1. The van der Waals surface area contributed by atoms with Crippen molar-refractivity contribution >= 4 is 22.5 Å². The van der Waals surface area contributed by atoms with Crippen molar-refractivity contribution in [3.63, 3.8) is 0 Å². The van der Waals surface area contributed by atoms with Crippen molar-refractivity contribution in [3.8, 4) is 0 Å². The van der Waals surface area contributed by atoms with Crippen LogP contribution >= 0.6 is 11.6 Å². The van der Waals surface area contributed by atoms with Gasteiger partial charge in [-0.15, -0.1) is 0 Å². The first-order chi connectivity index (χ1) is 8.75. The van der Waals surface area contributed by atoms with E-state index in [9.17, 15) is 0 Å². The number of aryl methyl sites for hydroxylation is 2. The zero-order valence-electron chi connectivity index (χ0n) is 10.7. The van der Waals surface area contributed by atoms with Crippen molar-refractivity contribution in [2.24, 2.45) is 0 Å². The maximum atomic E-state index is 6.21. The van der Waals surface area contributed by atoms with E-state index in [0.717, 1.165) is 29.5 Å². The molecule has 2 N–H and O–H groups in total. The second kappa shape index (κ2) is 4.94. The molecule has 0 radical (unpaired) electrons. The first-order valence-electron chi connectivity index (χ1n) is 6.75. The molecular weight excluding hydrogens is 244 g/mol. The standard InChI is InChI=1S/C15H19ClN2/c1-10-12(5-3-9-17-11-7-8-11)13-4-2-6-14(16)15(13)18-10/h2,4,6,11,17-18H,3,5,7-9H2,1H3. The molecule has 1 aliphatic carbocycles. The number of para-hydroxylation sites is 1. The van der Waals surface area contributed by atoms with Gasteiger partial charge in [0.25, 0.3) is 0 Å². The molecule has 3 heteroatoms. The molecule has 2 nitrogen and oxygen atoms in total. The van der Waals surface area contributed by atoms with Crippen molar-refractivity contribution in [1.82, 2.24) is 10.3 Å². The lowest BCUT2D eigenvalue weighted by Crippen LogP contribution is -2.17. The van der Waals surface area contributed by atoms with Crippen molar-refractivity contribution in [2.45, 2.75) is 38.6 Å². The third kappa shape index (κ3) is 2.40. The van der Waals surface area contributed by atoms with Crippen LogP contribution in [-0.2, 0) is 6.42 Å². The van der Waals surface area contributed by atoms with Gasteiger partial charge >= 0.3 is 0 Å². The number of aromatic nitrogens is 1. The normalized spacial score (nSPS) is 15.4. The van der Waals surface area contributed by atoms with E-state index in [4.69, 9.17) is 11.6 Å². The second-order valence-corrected chi connectivity index (χ2v) is 5.63. The van der Waals surface area contributed by atoms with Gasteiger partial charge in [0.15, 0.2) is 0 Å². The summed E-state index contributed by atoms with van der Waals surface area (Å²) in [5.41, 5.74) is 3.76. The van der Waals surface area contributed by atoms with Crippen LogP contribution in [0.15, 0.2) is 18.2 Å². The minimum absolute atomic E-state index is 0.809. The van der Waals surface area contributed by atoms with E-state index >= 15 is 0 Å². The number of aromatic amines is 1. The molecule has 3 rings (SSSR count). The van der Waals surface area contributed by atoms with Crippen LogP contribution in [0, 0.1) is 6.92 Å². The lowest BCUT2D eigenvalue weighted by atomic mass is 10.1. The number of hydrogen-bond donors (Lipinski definition) is 2. The summed E-state index contributed by atoms with van der Waals surface area (Å²) in [7, 11) is 0. The SMILES string of the molecule is Cc1[nH]c2c(Cl)cccc2c1CCCNC1CC1. The largest absolute Gasteiger partial charge is 0.357 e. The highest BCUT2D eigenvalue weighted by Crippen LogP contribution is 2.28. The maximum absolute atomic E-state index is 6.21. The number of nitrogens with one attached hydrogen (secondary N) is 2. The first-order valence-corrected chi connectivity index (χ1v) is 7.12. The molecule has 0 saturated heterocycles.